The molecule has 5 heteroatoms. The van der Waals surface area contributed by atoms with E-state index in [9.17, 15) is 4.39 Å². The van der Waals surface area contributed by atoms with Crippen molar-refractivity contribution in [3.05, 3.63) is 52.7 Å². The van der Waals surface area contributed by atoms with Crippen LogP contribution in [0.3, 0.4) is 0 Å². The van der Waals surface area contributed by atoms with Gasteiger partial charge in [0.2, 0.25) is 0 Å². The SMILES string of the molecule is Cc1c(Cl)ncnc1NC(C)Cc1ccc(F)cc1. The molecule has 3 nitrogen and oxygen atoms in total. The summed E-state index contributed by atoms with van der Waals surface area (Å²) in [7, 11) is 0. The first-order valence-corrected chi connectivity index (χ1v) is 6.42. The molecule has 0 radical (unpaired) electrons. The fourth-order valence-electron chi connectivity index (χ4n) is 1.83. The van der Waals surface area contributed by atoms with Crippen molar-refractivity contribution in [2.45, 2.75) is 26.3 Å². The predicted octanol–water partition coefficient (Wildman–Crippen LogP) is 3.62. The van der Waals surface area contributed by atoms with Crippen molar-refractivity contribution in [2.24, 2.45) is 0 Å². The summed E-state index contributed by atoms with van der Waals surface area (Å²) in [5, 5.41) is 3.74. The van der Waals surface area contributed by atoms with Gasteiger partial charge in [0, 0.05) is 11.6 Å². The van der Waals surface area contributed by atoms with Crippen molar-refractivity contribution in [1.29, 1.82) is 0 Å². The number of anilines is 1. The Morgan fingerprint density at radius 1 is 1.26 bits per heavy atom. The lowest BCUT2D eigenvalue weighted by molar-refractivity contribution is 0.626. The number of halogens is 2. The highest BCUT2D eigenvalue weighted by molar-refractivity contribution is 6.30. The van der Waals surface area contributed by atoms with Gasteiger partial charge in [0.1, 0.15) is 23.1 Å². The molecule has 0 saturated carbocycles. The summed E-state index contributed by atoms with van der Waals surface area (Å²) in [6, 6.07) is 6.67. The molecule has 1 unspecified atom stereocenters. The maximum Gasteiger partial charge on any atom is 0.137 e. The van der Waals surface area contributed by atoms with Gasteiger partial charge < -0.3 is 5.32 Å². The fourth-order valence-corrected chi connectivity index (χ4v) is 1.97. The fraction of sp³-hybridized carbons (Fsp3) is 0.286. The zero-order valence-corrected chi connectivity index (χ0v) is 11.6. The first-order valence-electron chi connectivity index (χ1n) is 6.04. The molecule has 0 aliphatic heterocycles. The van der Waals surface area contributed by atoms with Crippen LogP contribution in [0.25, 0.3) is 0 Å². The Bertz CT molecular complexity index is 557. The summed E-state index contributed by atoms with van der Waals surface area (Å²) in [6.07, 6.45) is 2.21. The topological polar surface area (TPSA) is 37.8 Å². The van der Waals surface area contributed by atoms with E-state index in [2.05, 4.69) is 15.3 Å². The Kier molecular flexibility index (Phi) is 4.32. The maximum atomic E-state index is 12.8. The van der Waals surface area contributed by atoms with Gasteiger partial charge in [0.25, 0.3) is 0 Å². The summed E-state index contributed by atoms with van der Waals surface area (Å²) < 4.78 is 12.8. The molecule has 1 N–H and O–H groups in total. The third-order valence-electron chi connectivity index (χ3n) is 2.86. The smallest absolute Gasteiger partial charge is 0.137 e. The van der Waals surface area contributed by atoms with E-state index in [1.54, 1.807) is 12.1 Å². The monoisotopic (exact) mass is 279 g/mol. The van der Waals surface area contributed by atoms with E-state index in [1.165, 1.54) is 18.5 Å². The van der Waals surface area contributed by atoms with E-state index in [4.69, 9.17) is 11.6 Å². The number of hydrogen-bond acceptors (Lipinski definition) is 3. The van der Waals surface area contributed by atoms with Crippen molar-refractivity contribution < 1.29 is 4.39 Å². The molecular weight excluding hydrogens is 265 g/mol. The second-order valence-corrected chi connectivity index (χ2v) is 4.87. The lowest BCUT2D eigenvalue weighted by atomic mass is 10.1. The van der Waals surface area contributed by atoms with Crippen LogP contribution in [-0.4, -0.2) is 16.0 Å². The van der Waals surface area contributed by atoms with Gasteiger partial charge in [-0.15, -0.1) is 0 Å². The average Bonchev–Trinajstić information content (AvgIpc) is 2.38. The van der Waals surface area contributed by atoms with Crippen molar-refractivity contribution >= 4 is 17.4 Å². The Labute approximate surface area is 116 Å². The van der Waals surface area contributed by atoms with Crippen LogP contribution in [0.5, 0.6) is 0 Å². The van der Waals surface area contributed by atoms with Crippen LogP contribution in [0, 0.1) is 12.7 Å². The predicted molar refractivity (Wildman–Crippen MR) is 75.0 cm³/mol. The highest BCUT2D eigenvalue weighted by atomic mass is 35.5. The summed E-state index contributed by atoms with van der Waals surface area (Å²) in [6.45, 7) is 3.91. The van der Waals surface area contributed by atoms with Crippen LogP contribution in [0.15, 0.2) is 30.6 Å². The van der Waals surface area contributed by atoms with Crippen molar-refractivity contribution in [3.63, 3.8) is 0 Å². The zero-order chi connectivity index (χ0) is 13.8. The second-order valence-electron chi connectivity index (χ2n) is 4.51. The van der Waals surface area contributed by atoms with E-state index in [0.29, 0.717) is 5.15 Å². The molecule has 2 aromatic rings. The van der Waals surface area contributed by atoms with Gasteiger partial charge in [0.05, 0.1) is 0 Å². The molecule has 100 valence electrons. The van der Waals surface area contributed by atoms with Gasteiger partial charge in [0.15, 0.2) is 0 Å². The largest absolute Gasteiger partial charge is 0.367 e. The van der Waals surface area contributed by atoms with Crippen LogP contribution in [0.1, 0.15) is 18.1 Å². The van der Waals surface area contributed by atoms with Crippen LogP contribution < -0.4 is 5.32 Å². The van der Waals surface area contributed by atoms with Crippen molar-refractivity contribution in [1.82, 2.24) is 9.97 Å². The average molecular weight is 280 g/mol. The lowest BCUT2D eigenvalue weighted by Crippen LogP contribution is -2.19. The van der Waals surface area contributed by atoms with E-state index in [-0.39, 0.29) is 11.9 Å². The van der Waals surface area contributed by atoms with E-state index >= 15 is 0 Å². The molecule has 1 atom stereocenters. The van der Waals surface area contributed by atoms with E-state index < -0.39 is 0 Å². The second kappa shape index (κ2) is 5.97. The van der Waals surface area contributed by atoms with Gasteiger partial charge in [-0.1, -0.05) is 23.7 Å². The third-order valence-corrected chi connectivity index (χ3v) is 3.24. The molecule has 1 aromatic heterocycles. The molecule has 1 heterocycles. The number of nitrogens with one attached hydrogen (secondary N) is 1. The molecule has 0 spiro atoms. The van der Waals surface area contributed by atoms with Gasteiger partial charge in [-0.2, -0.15) is 0 Å². The molecule has 0 saturated heterocycles. The quantitative estimate of drug-likeness (QED) is 0.869. The van der Waals surface area contributed by atoms with Crippen LogP contribution in [0.2, 0.25) is 5.15 Å². The van der Waals surface area contributed by atoms with Gasteiger partial charge in [-0.25, -0.2) is 14.4 Å². The van der Waals surface area contributed by atoms with E-state index in [1.807, 2.05) is 13.8 Å². The molecule has 0 bridgehead atoms. The van der Waals surface area contributed by atoms with Crippen molar-refractivity contribution in [3.8, 4) is 0 Å². The molecule has 1 aromatic carbocycles. The number of hydrogen-bond donors (Lipinski definition) is 1. The van der Waals surface area contributed by atoms with Gasteiger partial charge in [-0.3, -0.25) is 0 Å². The summed E-state index contributed by atoms with van der Waals surface area (Å²) in [5.74, 6) is 0.511. The number of aromatic nitrogens is 2. The summed E-state index contributed by atoms with van der Waals surface area (Å²) >= 11 is 5.94. The Morgan fingerprint density at radius 3 is 2.63 bits per heavy atom. The maximum absolute atomic E-state index is 12.8. The number of nitrogens with zero attached hydrogens (tertiary/aromatic N) is 2. The normalized spacial score (nSPS) is 12.2. The molecule has 2 rings (SSSR count). The van der Waals surface area contributed by atoms with Crippen LogP contribution in [-0.2, 0) is 6.42 Å². The standard InChI is InChI=1S/C14H15ClFN3/c1-9(7-11-3-5-12(16)6-4-11)19-14-10(2)13(15)17-8-18-14/h3-6,8-9H,7H2,1-2H3,(H,17,18,19). The molecular formula is C14H15ClFN3. The van der Waals surface area contributed by atoms with Crippen LogP contribution >= 0.6 is 11.6 Å². The highest BCUT2D eigenvalue weighted by Crippen LogP contribution is 2.19. The molecule has 0 amide bonds. The summed E-state index contributed by atoms with van der Waals surface area (Å²) in [5.41, 5.74) is 1.90. The zero-order valence-electron chi connectivity index (χ0n) is 10.8. The molecule has 0 fully saturated rings. The van der Waals surface area contributed by atoms with Crippen molar-refractivity contribution in [2.75, 3.05) is 5.32 Å². The van der Waals surface area contributed by atoms with Gasteiger partial charge in [-0.05, 0) is 38.0 Å². The lowest BCUT2D eigenvalue weighted by Gasteiger charge is -2.16. The molecule has 0 aliphatic rings. The first kappa shape index (κ1) is 13.7. The Hall–Kier alpha value is -1.68. The third kappa shape index (κ3) is 3.64. The Morgan fingerprint density at radius 2 is 1.95 bits per heavy atom. The van der Waals surface area contributed by atoms with E-state index in [0.717, 1.165) is 23.4 Å². The minimum absolute atomic E-state index is 0.162. The molecule has 0 aliphatic carbocycles. The minimum atomic E-state index is -0.220. The minimum Gasteiger partial charge on any atom is -0.367 e. The first-order chi connectivity index (χ1) is 9.06. The van der Waals surface area contributed by atoms with Gasteiger partial charge >= 0.3 is 0 Å². The number of benzene rings is 1. The van der Waals surface area contributed by atoms with Crippen LogP contribution in [0.4, 0.5) is 10.2 Å². The highest BCUT2D eigenvalue weighted by Gasteiger charge is 2.09. The molecule has 19 heavy (non-hydrogen) atoms. The summed E-state index contributed by atoms with van der Waals surface area (Å²) in [4.78, 5) is 8.08. The number of rotatable bonds is 4. The Balaban J connectivity index is 2.03.